The third-order valence-corrected chi connectivity index (χ3v) is 4.93. The van der Waals surface area contributed by atoms with Crippen LogP contribution in [0.2, 0.25) is 0 Å². The highest BCUT2D eigenvalue weighted by molar-refractivity contribution is 5.43. The summed E-state index contributed by atoms with van der Waals surface area (Å²) in [5, 5.41) is 3.28. The van der Waals surface area contributed by atoms with Crippen molar-refractivity contribution in [3.05, 3.63) is 48.0 Å². The summed E-state index contributed by atoms with van der Waals surface area (Å²) in [6.07, 6.45) is 13.5. The highest BCUT2D eigenvalue weighted by atomic mass is 16.5. The van der Waals surface area contributed by atoms with E-state index in [1.165, 1.54) is 63.4 Å². The van der Waals surface area contributed by atoms with E-state index in [0.29, 0.717) is 5.82 Å². The zero-order valence-corrected chi connectivity index (χ0v) is 17.5. The molecular weight excluding hydrogens is 346 g/mol. The third-order valence-electron chi connectivity index (χ3n) is 4.93. The van der Waals surface area contributed by atoms with E-state index in [-0.39, 0.29) is 0 Å². The number of pyridine rings is 1. The van der Waals surface area contributed by atoms with Gasteiger partial charge >= 0.3 is 0 Å². The molecule has 0 saturated heterocycles. The van der Waals surface area contributed by atoms with Gasteiger partial charge < -0.3 is 15.8 Å². The van der Waals surface area contributed by atoms with Crippen molar-refractivity contribution in [2.24, 2.45) is 0 Å². The molecule has 0 fully saturated rings. The molecule has 1 heterocycles. The average molecular weight is 384 g/mol. The number of nitrogens with one attached hydrogen (secondary N) is 1. The van der Waals surface area contributed by atoms with Crippen LogP contribution in [-0.4, -0.2) is 11.6 Å². The highest BCUT2D eigenvalue weighted by Crippen LogP contribution is 2.15. The predicted octanol–water partition coefficient (Wildman–Crippen LogP) is 6.58. The molecule has 1 aromatic carbocycles. The first-order valence-corrected chi connectivity index (χ1v) is 11.0. The van der Waals surface area contributed by atoms with E-state index in [4.69, 9.17) is 10.5 Å². The number of nitrogens with zero attached hydrogens (tertiary/aromatic N) is 1. The van der Waals surface area contributed by atoms with Crippen molar-refractivity contribution in [2.45, 2.75) is 77.7 Å². The molecule has 1 aromatic heterocycles. The first-order valence-electron chi connectivity index (χ1n) is 11.0. The molecule has 0 bridgehead atoms. The Morgan fingerprint density at radius 3 is 2.11 bits per heavy atom. The van der Waals surface area contributed by atoms with E-state index in [9.17, 15) is 0 Å². The van der Waals surface area contributed by atoms with Crippen molar-refractivity contribution in [1.29, 1.82) is 0 Å². The maximum Gasteiger partial charge on any atom is 0.128 e. The third kappa shape index (κ3) is 9.63. The molecule has 0 aliphatic carbocycles. The summed E-state index contributed by atoms with van der Waals surface area (Å²) in [5.74, 6) is 2.27. The lowest BCUT2D eigenvalue weighted by Gasteiger charge is -2.09. The zero-order valence-electron chi connectivity index (χ0n) is 17.5. The molecule has 2 rings (SSSR count). The van der Waals surface area contributed by atoms with Crippen LogP contribution >= 0.6 is 0 Å². The molecule has 0 atom stereocenters. The monoisotopic (exact) mass is 383 g/mol. The Labute approximate surface area is 170 Å². The van der Waals surface area contributed by atoms with Crippen LogP contribution in [0.25, 0.3) is 0 Å². The molecule has 4 nitrogen and oxygen atoms in total. The van der Waals surface area contributed by atoms with Crippen molar-refractivity contribution in [3.63, 3.8) is 0 Å². The number of nitrogen functional groups attached to an aromatic ring is 1. The van der Waals surface area contributed by atoms with Crippen LogP contribution < -0.4 is 15.8 Å². The van der Waals surface area contributed by atoms with E-state index < -0.39 is 0 Å². The van der Waals surface area contributed by atoms with Crippen molar-refractivity contribution >= 4 is 11.6 Å². The number of rotatable bonds is 15. The Morgan fingerprint density at radius 1 is 0.821 bits per heavy atom. The molecule has 0 amide bonds. The van der Waals surface area contributed by atoms with Crippen LogP contribution in [0.1, 0.15) is 76.7 Å². The average Bonchev–Trinajstić information content (AvgIpc) is 2.71. The minimum absolute atomic E-state index is 0.528. The number of hydrogen-bond donors (Lipinski definition) is 2. The fourth-order valence-electron chi connectivity index (χ4n) is 3.23. The van der Waals surface area contributed by atoms with Gasteiger partial charge in [-0.15, -0.1) is 0 Å². The lowest BCUT2D eigenvalue weighted by Crippen LogP contribution is -2.03. The molecule has 0 aliphatic rings. The van der Waals surface area contributed by atoms with Gasteiger partial charge in [0.15, 0.2) is 0 Å². The topological polar surface area (TPSA) is 60.2 Å². The molecule has 4 heteroatoms. The highest BCUT2D eigenvalue weighted by Gasteiger charge is 1.99. The minimum Gasteiger partial charge on any atom is -0.494 e. The molecule has 28 heavy (non-hydrogen) atoms. The molecule has 2 aromatic rings. The number of unbranched alkanes of at least 4 members (excludes halogenated alkanes) is 9. The summed E-state index contributed by atoms with van der Waals surface area (Å²) in [7, 11) is 0. The van der Waals surface area contributed by atoms with Crippen LogP contribution in [0.4, 0.5) is 11.6 Å². The second-order valence-corrected chi connectivity index (χ2v) is 7.48. The van der Waals surface area contributed by atoms with Crippen molar-refractivity contribution in [1.82, 2.24) is 4.98 Å². The van der Waals surface area contributed by atoms with E-state index in [0.717, 1.165) is 31.1 Å². The largest absolute Gasteiger partial charge is 0.494 e. The van der Waals surface area contributed by atoms with Gasteiger partial charge in [0.25, 0.3) is 0 Å². The molecule has 0 unspecified atom stereocenters. The first kappa shape index (κ1) is 22.1. The summed E-state index contributed by atoms with van der Waals surface area (Å²) in [5.41, 5.74) is 6.88. The molecule has 3 N–H and O–H groups in total. The number of anilines is 2. The molecule has 0 aliphatic heterocycles. The van der Waals surface area contributed by atoms with Crippen LogP contribution in [0.3, 0.4) is 0 Å². The van der Waals surface area contributed by atoms with Gasteiger partial charge in [0.1, 0.15) is 17.4 Å². The summed E-state index contributed by atoms with van der Waals surface area (Å²) in [6, 6.07) is 13.9. The fraction of sp³-hybridized carbons (Fsp3) is 0.542. The van der Waals surface area contributed by atoms with E-state index >= 15 is 0 Å². The summed E-state index contributed by atoms with van der Waals surface area (Å²) in [4.78, 5) is 4.24. The minimum atomic E-state index is 0.528. The lowest BCUT2D eigenvalue weighted by atomic mass is 10.1. The molecular formula is C24H37N3O. The fourth-order valence-corrected chi connectivity index (χ4v) is 3.23. The van der Waals surface area contributed by atoms with E-state index in [1.54, 1.807) is 6.07 Å². The second kappa shape index (κ2) is 13.9. The number of benzene rings is 1. The van der Waals surface area contributed by atoms with Gasteiger partial charge in [-0.3, -0.25) is 0 Å². The van der Waals surface area contributed by atoms with Crippen LogP contribution in [-0.2, 0) is 6.54 Å². The summed E-state index contributed by atoms with van der Waals surface area (Å²) in [6.45, 7) is 3.80. The maximum absolute atomic E-state index is 5.86. The quantitative estimate of drug-likeness (QED) is 0.341. The van der Waals surface area contributed by atoms with Gasteiger partial charge in [-0.2, -0.15) is 0 Å². The molecule has 0 saturated carbocycles. The summed E-state index contributed by atoms with van der Waals surface area (Å²) < 4.78 is 5.86. The Bertz CT molecular complexity index is 643. The summed E-state index contributed by atoms with van der Waals surface area (Å²) >= 11 is 0. The first-order chi connectivity index (χ1) is 13.8. The van der Waals surface area contributed by atoms with Gasteiger partial charge in [0.05, 0.1) is 6.61 Å². The molecule has 0 spiro atoms. The van der Waals surface area contributed by atoms with E-state index in [1.807, 2.05) is 24.3 Å². The Morgan fingerprint density at radius 2 is 1.46 bits per heavy atom. The predicted molar refractivity (Wildman–Crippen MR) is 120 cm³/mol. The standard InChI is InChI=1S/C24H37N3O/c1-2-3-4-5-6-7-8-9-10-11-19-28-22-17-15-21(16-18-22)20-26-24-14-12-13-23(25)27-24/h12-18H,2-11,19-20H2,1H3,(H3,25,26,27). The van der Waals surface area contributed by atoms with Crippen molar-refractivity contribution in [2.75, 3.05) is 17.7 Å². The second-order valence-electron chi connectivity index (χ2n) is 7.48. The van der Waals surface area contributed by atoms with Gasteiger partial charge in [0.2, 0.25) is 0 Å². The van der Waals surface area contributed by atoms with Gasteiger partial charge in [-0.1, -0.05) is 82.9 Å². The van der Waals surface area contributed by atoms with Crippen LogP contribution in [0.5, 0.6) is 5.75 Å². The smallest absolute Gasteiger partial charge is 0.128 e. The maximum atomic E-state index is 5.86. The van der Waals surface area contributed by atoms with Gasteiger partial charge in [-0.05, 0) is 36.2 Å². The van der Waals surface area contributed by atoms with Gasteiger partial charge in [-0.25, -0.2) is 4.98 Å². The number of ether oxygens (including phenoxy) is 1. The molecule has 0 radical (unpaired) electrons. The Hall–Kier alpha value is -2.23. The van der Waals surface area contributed by atoms with Crippen LogP contribution in [0, 0.1) is 0 Å². The number of aromatic nitrogens is 1. The van der Waals surface area contributed by atoms with Crippen molar-refractivity contribution in [3.8, 4) is 5.75 Å². The van der Waals surface area contributed by atoms with Crippen LogP contribution in [0.15, 0.2) is 42.5 Å². The van der Waals surface area contributed by atoms with Gasteiger partial charge in [0, 0.05) is 6.54 Å². The normalized spacial score (nSPS) is 10.8. The van der Waals surface area contributed by atoms with E-state index in [2.05, 4.69) is 29.4 Å². The number of nitrogens with two attached hydrogens (primary N) is 1. The lowest BCUT2D eigenvalue weighted by molar-refractivity contribution is 0.304. The molecule has 154 valence electrons. The Balaban J connectivity index is 1.50. The Kier molecular flexibility index (Phi) is 10.9. The van der Waals surface area contributed by atoms with Crippen molar-refractivity contribution < 1.29 is 4.74 Å². The number of hydrogen-bond acceptors (Lipinski definition) is 4. The zero-order chi connectivity index (χ0) is 19.9. The SMILES string of the molecule is CCCCCCCCCCCCOc1ccc(CNc2cccc(N)n2)cc1.